The zero-order chi connectivity index (χ0) is 18.5. The van der Waals surface area contributed by atoms with E-state index in [0.29, 0.717) is 31.3 Å². The number of nitrogens with zero attached hydrogens (tertiary/aromatic N) is 2. The number of rotatable bonds is 2. The molecule has 1 amide bonds. The van der Waals surface area contributed by atoms with E-state index in [-0.39, 0.29) is 24.6 Å². The molecule has 27 heavy (non-hydrogen) atoms. The molecule has 6 nitrogen and oxygen atoms in total. The molecule has 0 spiro atoms. The summed E-state index contributed by atoms with van der Waals surface area (Å²) in [6, 6.07) is 3.77. The van der Waals surface area contributed by atoms with Gasteiger partial charge < -0.3 is 14.6 Å². The van der Waals surface area contributed by atoms with Crippen LogP contribution >= 0.6 is 23.6 Å². The molecule has 1 aromatic heterocycles. The molecule has 1 fully saturated rings. The minimum absolute atomic E-state index is 0.141. The third-order valence-corrected chi connectivity index (χ3v) is 6.46. The van der Waals surface area contributed by atoms with Crippen LogP contribution in [0.1, 0.15) is 36.6 Å². The van der Waals surface area contributed by atoms with Gasteiger partial charge in [0.2, 0.25) is 12.7 Å². The van der Waals surface area contributed by atoms with Crippen LogP contribution < -0.4 is 20.0 Å². The van der Waals surface area contributed by atoms with E-state index in [0.717, 1.165) is 30.9 Å². The van der Waals surface area contributed by atoms with Crippen molar-refractivity contribution in [3.8, 4) is 17.4 Å². The van der Waals surface area contributed by atoms with Gasteiger partial charge in [0.05, 0.1) is 10.2 Å². The second-order valence-electron chi connectivity index (χ2n) is 6.79. The number of hydrogen-bond acceptors (Lipinski definition) is 6. The Morgan fingerprint density at radius 2 is 2.00 bits per heavy atom. The lowest BCUT2D eigenvalue weighted by Crippen LogP contribution is -2.30. The zero-order valence-corrected chi connectivity index (χ0v) is 15.9. The predicted octanol–water partition coefficient (Wildman–Crippen LogP) is 2.85. The first-order chi connectivity index (χ1) is 13.1. The van der Waals surface area contributed by atoms with E-state index >= 15 is 0 Å². The maximum atomic E-state index is 12.5. The summed E-state index contributed by atoms with van der Waals surface area (Å²) in [5, 5.41) is 12.0. The fourth-order valence-electron chi connectivity index (χ4n) is 3.78. The maximum Gasteiger partial charge on any atom is 0.277 e. The summed E-state index contributed by atoms with van der Waals surface area (Å²) in [5.41, 5.74) is 0.409. The van der Waals surface area contributed by atoms with Gasteiger partial charge in [0.25, 0.3) is 5.91 Å². The lowest BCUT2D eigenvalue weighted by molar-refractivity contribution is -0.114. The molecule has 3 aliphatic rings. The van der Waals surface area contributed by atoms with Crippen molar-refractivity contribution in [3.05, 3.63) is 37.1 Å². The van der Waals surface area contributed by atoms with E-state index in [1.165, 1.54) is 11.3 Å². The van der Waals surface area contributed by atoms with Crippen LogP contribution in [0.3, 0.4) is 0 Å². The molecule has 3 heterocycles. The molecule has 1 aromatic carbocycles. The molecule has 0 unspecified atom stereocenters. The van der Waals surface area contributed by atoms with Crippen molar-refractivity contribution < 1.29 is 19.4 Å². The Morgan fingerprint density at radius 1 is 1.26 bits per heavy atom. The first-order valence-electron chi connectivity index (χ1n) is 8.80. The summed E-state index contributed by atoms with van der Waals surface area (Å²) in [4.78, 5) is 17.2. The number of amides is 1. The number of thiazole rings is 1. The molecule has 0 radical (unpaired) electrons. The number of fused-ring (bicyclic) bond motifs is 2. The summed E-state index contributed by atoms with van der Waals surface area (Å²) in [5.74, 6) is 1.02. The Kier molecular flexibility index (Phi) is 3.91. The van der Waals surface area contributed by atoms with Gasteiger partial charge in [-0.1, -0.05) is 12.8 Å². The normalized spacial score (nSPS) is 19.9. The third-order valence-electron chi connectivity index (χ3n) is 5.12. The van der Waals surface area contributed by atoms with Crippen LogP contribution in [-0.2, 0) is 4.79 Å². The fourth-order valence-corrected chi connectivity index (χ4v) is 5.18. The van der Waals surface area contributed by atoms with Crippen molar-refractivity contribution in [1.29, 1.82) is 0 Å². The lowest BCUT2D eigenvalue weighted by atomic mass is 10.1. The summed E-state index contributed by atoms with van der Waals surface area (Å²) in [6.07, 6.45) is 7.77. The van der Waals surface area contributed by atoms with Gasteiger partial charge in [-0.05, 0) is 43.3 Å². The van der Waals surface area contributed by atoms with Crippen LogP contribution in [0.5, 0.6) is 17.4 Å². The Bertz CT molecular complexity index is 1170. The molecule has 138 valence electrons. The third kappa shape index (κ3) is 2.80. The number of carbonyl (C=O) groups is 1. The van der Waals surface area contributed by atoms with E-state index in [9.17, 15) is 9.90 Å². The fraction of sp³-hybridized carbons (Fsp3) is 0.316. The Morgan fingerprint density at radius 3 is 2.78 bits per heavy atom. The van der Waals surface area contributed by atoms with Crippen molar-refractivity contribution in [1.82, 2.24) is 4.57 Å². The average Bonchev–Trinajstić information content (AvgIpc) is 3.35. The van der Waals surface area contributed by atoms with Gasteiger partial charge in [-0.15, -0.1) is 11.3 Å². The highest BCUT2D eigenvalue weighted by atomic mass is 32.1. The largest absolute Gasteiger partial charge is 0.493 e. The van der Waals surface area contributed by atoms with Crippen molar-refractivity contribution in [2.75, 3.05) is 6.79 Å². The predicted molar refractivity (Wildman–Crippen MR) is 103 cm³/mol. The first kappa shape index (κ1) is 16.7. The molecule has 1 saturated carbocycles. The number of aromatic nitrogens is 1. The molecule has 0 bridgehead atoms. The van der Waals surface area contributed by atoms with Crippen LogP contribution in [0, 0.1) is 3.95 Å². The second kappa shape index (κ2) is 6.31. The van der Waals surface area contributed by atoms with Crippen molar-refractivity contribution >= 4 is 41.6 Å². The van der Waals surface area contributed by atoms with Gasteiger partial charge in [0.1, 0.15) is 0 Å². The number of benzene rings is 1. The number of aromatic hydroxyl groups is 1. The summed E-state index contributed by atoms with van der Waals surface area (Å²) in [6.45, 7) is 0.167. The molecular formula is C19H16N2O4S2. The van der Waals surface area contributed by atoms with Gasteiger partial charge >= 0.3 is 0 Å². The van der Waals surface area contributed by atoms with Gasteiger partial charge in [-0.3, -0.25) is 9.36 Å². The molecule has 0 atom stereocenters. The molecule has 2 aromatic rings. The van der Waals surface area contributed by atoms with Gasteiger partial charge in [-0.25, -0.2) is 4.99 Å². The van der Waals surface area contributed by atoms with Crippen LogP contribution in [0.25, 0.3) is 12.2 Å². The van der Waals surface area contributed by atoms with Gasteiger partial charge in [0.15, 0.2) is 15.5 Å². The van der Waals surface area contributed by atoms with E-state index < -0.39 is 0 Å². The first-order valence-corrected chi connectivity index (χ1v) is 10.0. The van der Waals surface area contributed by atoms with Gasteiger partial charge in [-0.2, -0.15) is 0 Å². The molecule has 5 rings (SSSR count). The Labute approximate surface area is 163 Å². The minimum atomic E-state index is -0.354. The van der Waals surface area contributed by atoms with E-state index in [4.69, 9.17) is 21.7 Å². The quantitative estimate of drug-likeness (QED) is 0.620. The summed E-state index contributed by atoms with van der Waals surface area (Å²) in [7, 11) is 0. The zero-order valence-electron chi connectivity index (χ0n) is 14.3. The number of carbonyl (C=O) groups excluding carboxylic acids is 1. The Balaban J connectivity index is 1.59. The minimum Gasteiger partial charge on any atom is -0.493 e. The second-order valence-corrected chi connectivity index (χ2v) is 8.47. The highest BCUT2D eigenvalue weighted by molar-refractivity contribution is 7.73. The van der Waals surface area contributed by atoms with Crippen LogP contribution in [-0.4, -0.2) is 22.4 Å². The summed E-state index contributed by atoms with van der Waals surface area (Å²) >= 11 is 6.77. The average molecular weight is 400 g/mol. The smallest absolute Gasteiger partial charge is 0.277 e. The van der Waals surface area contributed by atoms with Gasteiger partial charge in [0, 0.05) is 22.9 Å². The summed E-state index contributed by atoms with van der Waals surface area (Å²) < 4.78 is 13.2. The van der Waals surface area contributed by atoms with Crippen molar-refractivity contribution in [2.24, 2.45) is 4.99 Å². The standard InChI is InChI=1S/C19H16N2O4S2/c22-17-11(5-10-6-14-15(25-9-24-14)8-13(10)20-17)7-16-18(23)21(19(26)27-16)12-3-1-2-4-12/h5-8,12,23H,1-4,9H2. The number of ether oxygens (including phenoxy) is 2. The molecule has 0 saturated heterocycles. The van der Waals surface area contributed by atoms with E-state index in [2.05, 4.69) is 4.99 Å². The molecule has 8 heteroatoms. The Hall–Kier alpha value is -2.45. The SMILES string of the molecule is O=C1N=c2cc3c(cc2=CC1=Cc1sc(=S)n(C2CCCC2)c1O)OCO3. The van der Waals surface area contributed by atoms with Crippen LogP contribution in [0.15, 0.2) is 22.7 Å². The molecular weight excluding hydrogens is 384 g/mol. The lowest BCUT2D eigenvalue weighted by Gasteiger charge is -2.12. The van der Waals surface area contributed by atoms with E-state index in [1.807, 2.05) is 10.6 Å². The maximum absolute atomic E-state index is 12.5. The van der Waals surface area contributed by atoms with Crippen molar-refractivity contribution in [3.63, 3.8) is 0 Å². The molecule has 1 aliphatic carbocycles. The highest BCUT2D eigenvalue weighted by Crippen LogP contribution is 2.38. The van der Waals surface area contributed by atoms with Crippen LogP contribution in [0.4, 0.5) is 0 Å². The molecule has 2 aliphatic heterocycles. The van der Waals surface area contributed by atoms with Crippen LogP contribution in [0.2, 0.25) is 0 Å². The number of hydrogen-bond donors (Lipinski definition) is 1. The topological polar surface area (TPSA) is 73.1 Å². The molecule has 1 N–H and O–H groups in total. The highest BCUT2D eigenvalue weighted by Gasteiger charge is 2.23. The monoisotopic (exact) mass is 400 g/mol. The van der Waals surface area contributed by atoms with E-state index in [1.54, 1.807) is 18.2 Å². The van der Waals surface area contributed by atoms with Crippen molar-refractivity contribution in [2.45, 2.75) is 31.7 Å².